The van der Waals surface area contributed by atoms with E-state index in [0.29, 0.717) is 17.4 Å². The topological polar surface area (TPSA) is 72.0 Å². The van der Waals surface area contributed by atoms with Crippen molar-refractivity contribution in [2.45, 2.75) is 13.1 Å². The Labute approximate surface area is 117 Å². The highest BCUT2D eigenvalue weighted by Crippen LogP contribution is 2.18. The van der Waals surface area contributed by atoms with Crippen molar-refractivity contribution in [2.75, 3.05) is 12.5 Å². The average molecular weight is 281 g/mol. The molecule has 0 bridgehead atoms. The molecule has 0 spiro atoms. The maximum atomic E-state index is 6.13. The van der Waals surface area contributed by atoms with E-state index in [1.165, 1.54) is 0 Å². The molecule has 0 aliphatic heterocycles. The van der Waals surface area contributed by atoms with Crippen LogP contribution in [0.25, 0.3) is 0 Å². The second kappa shape index (κ2) is 6.01. The van der Waals surface area contributed by atoms with Gasteiger partial charge < -0.3 is 9.99 Å². The van der Waals surface area contributed by atoms with Crippen LogP contribution in [0.15, 0.2) is 24.5 Å². The van der Waals surface area contributed by atoms with Gasteiger partial charge in [-0.15, -0.1) is 0 Å². The minimum atomic E-state index is 0.602. The van der Waals surface area contributed by atoms with Crippen molar-refractivity contribution in [3.8, 4) is 0 Å². The van der Waals surface area contributed by atoms with Crippen molar-refractivity contribution in [1.82, 2.24) is 19.4 Å². The normalized spacial score (nSPS) is 11.0. The van der Waals surface area contributed by atoms with Gasteiger partial charge in [-0.05, 0) is 19.2 Å². The number of imidazole rings is 1. The van der Waals surface area contributed by atoms with Gasteiger partial charge in [-0.3, -0.25) is 4.90 Å². The fourth-order valence-corrected chi connectivity index (χ4v) is 1.94. The summed E-state index contributed by atoms with van der Waals surface area (Å²) in [4.78, 5) is 10.7. The Balaban J connectivity index is 2.06. The first-order valence-electron chi connectivity index (χ1n) is 5.87. The van der Waals surface area contributed by atoms with Crippen molar-refractivity contribution >= 4 is 17.4 Å². The Kier molecular flexibility index (Phi) is 4.36. The van der Waals surface area contributed by atoms with E-state index in [9.17, 15) is 0 Å². The van der Waals surface area contributed by atoms with Crippen LogP contribution in [0.1, 0.15) is 11.5 Å². The largest absolute Gasteiger partial charge is 0.337 e. The van der Waals surface area contributed by atoms with Crippen LogP contribution >= 0.6 is 11.6 Å². The lowest BCUT2D eigenvalue weighted by molar-refractivity contribution is 0.303. The molecule has 2 rings (SSSR count). The predicted octanol–water partition coefficient (Wildman–Crippen LogP) is 1.39. The molecule has 3 N–H and O–H groups in total. The highest BCUT2D eigenvalue weighted by atomic mass is 35.5. The van der Waals surface area contributed by atoms with E-state index in [1.807, 2.05) is 24.9 Å². The lowest BCUT2D eigenvalue weighted by Crippen LogP contribution is -2.21. The Morgan fingerprint density at radius 1 is 1.42 bits per heavy atom. The summed E-state index contributed by atoms with van der Waals surface area (Å²) in [6.45, 7) is 1.35. The Morgan fingerprint density at radius 3 is 2.84 bits per heavy atom. The summed E-state index contributed by atoms with van der Waals surface area (Å²) in [6, 6.07) is 3.53. The molecule has 2 heterocycles. The number of anilines is 1. The van der Waals surface area contributed by atoms with Crippen LogP contribution < -0.4 is 11.3 Å². The predicted molar refractivity (Wildman–Crippen MR) is 75.4 cm³/mol. The van der Waals surface area contributed by atoms with Crippen molar-refractivity contribution in [3.63, 3.8) is 0 Å². The van der Waals surface area contributed by atoms with Crippen LogP contribution in [-0.4, -0.2) is 26.5 Å². The van der Waals surface area contributed by atoms with Crippen LogP contribution in [0.5, 0.6) is 0 Å². The Morgan fingerprint density at radius 2 is 2.21 bits per heavy atom. The van der Waals surface area contributed by atoms with Gasteiger partial charge in [0, 0.05) is 26.0 Å². The van der Waals surface area contributed by atoms with Crippen LogP contribution in [0.2, 0.25) is 5.02 Å². The molecule has 0 radical (unpaired) electrons. The zero-order chi connectivity index (χ0) is 13.8. The summed E-state index contributed by atoms with van der Waals surface area (Å²) in [5.41, 5.74) is 3.30. The van der Waals surface area contributed by atoms with Gasteiger partial charge in [0.1, 0.15) is 11.6 Å². The molecule has 7 heteroatoms. The number of pyridine rings is 1. The molecule has 0 amide bonds. The molecule has 0 aromatic carbocycles. The number of nitrogen functional groups attached to an aromatic ring is 1. The number of halogens is 1. The quantitative estimate of drug-likeness (QED) is 0.640. The van der Waals surface area contributed by atoms with E-state index >= 15 is 0 Å². The highest BCUT2D eigenvalue weighted by molar-refractivity contribution is 6.31. The van der Waals surface area contributed by atoms with E-state index in [2.05, 4.69) is 20.3 Å². The van der Waals surface area contributed by atoms with Crippen molar-refractivity contribution in [3.05, 3.63) is 41.1 Å². The maximum absolute atomic E-state index is 6.13. The van der Waals surface area contributed by atoms with Gasteiger partial charge in [0.2, 0.25) is 0 Å². The van der Waals surface area contributed by atoms with Crippen LogP contribution in [-0.2, 0) is 20.1 Å². The maximum Gasteiger partial charge on any atom is 0.140 e. The molecule has 102 valence electrons. The molecule has 0 atom stereocenters. The van der Waals surface area contributed by atoms with Crippen LogP contribution in [0.4, 0.5) is 5.82 Å². The summed E-state index contributed by atoms with van der Waals surface area (Å²) in [5, 5.41) is 0.630. The fraction of sp³-hybridized carbons (Fsp3) is 0.333. The zero-order valence-corrected chi connectivity index (χ0v) is 11.7. The molecule has 0 saturated heterocycles. The molecular formula is C12H17ClN6. The summed E-state index contributed by atoms with van der Waals surface area (Å²) >= 11 is 6.13. The molecule has 0 saturated carbocycles. The second-order valence-corrected chi connectivity index (χ2v) is 4.80. The van der Waals surface area contributed by atoms with Gasteiger partial charge in [0.05, 0.1) is 17.3 Å². The molecular weight excluding hydrogens is 264 g/mol. The van der Waals surface area contributed by atoms with Gasteiger partial charge >= 0.3 is 0 Å². The molecule has 0 aliphatic rings. The summed E-state index contributed by atoms with van der Waals surface area (Å²) in [7, 11) is 3.97. The summed E-state index contributed by atoms with van der Waals surface area (Å²) < 4.78 is 1.99. The number of aromatic nitrogens is 3. The van der Waals surface area contributed by atoms with Crippen LogP contribution in [0, 0.1) is 0 Å². The third-order valence-electron chi connectivity index (χ3n) is 2.82. The van der Waals surface area contributed by atoms with Gasteiger partial charge in [-0.2, -0.15) is 0 Å². The number of nitrogens with two attached hydrogens (primary N) is 1. The summed E-state index contributed by atoms with van der Waals surface area (Å²) in [5.74, 6) is 6.94. The van der Waals surface area contributed by atoms with Gasteiger partial charge in [-0.1, -0.05) is 11.6 Å². The van der Waals surface area contributed by atoms with Gasteiger partial charge in [0.25, 0.3) is 0 Å². The lowest BCUT2D eigenvalue weighted by atomic mass is 10.3. The van der Waals surface area contributed by atoms with E-state index < -0.39 is 0 Å². The van der Waals surface area contributed by atoms with Gasteiger partial charge in [0.15, 0.2) is 0 Å². The first-order chi connectivity index (χ1) is 9.10. The first kappa shape index (κ1) is 13.8. The number of nitrogens with one attached hydrogen (secondary N) is 1. The molecule has 2 aromatic heterocycles. The Bertz CT molecular complexity index is 553. The third kappa shape index (κ3) is 3.44. The SMILES string of the molecule is CN(Cc1nc(NN)ccc1Cl)Cc1nccn1C. The average Bonchev–Trinajstić information content (AvgIpc) is 2.78. The summed E-state index contributed by atoms with van der Waals surface area (Å²) in [6.07, 6.45) is 3.71. The van der Waals surface area contributed by atoms with E-state index in [4.69, 9.17) is 17.4 Å². The molecule has 2 aromatic rings. The number of aryl methyl sites for hydroxylation is 1. The van der Waals surface area contributed by atoms with Crippen molar-refractivity contribution < 1.29 is 0 Å². The lowest BCUT2D eigenvalue weighted by Gasteiger charge is -2.17. The fourth-order valence-electron chi connectivity index (χ4n) is 1.78. The number of hydrazine groups is 1. The third-order valence-corrected chi connectivity index (χ3v) is 3.16. The minimum Gasteiger partial charge on any atom is -0.337 e. The van der Waals surface area contributed by atoms with Gasteiger partial charge in [-0.25, -0.2) is 15.8 Å². The van der Waals surface area contributed by atoms with E-state index in [1.54, 1.807) is 18.3 Å². The Hall–Kier alpha value is -1.63. The number of rotatable bonds is 5. The zero-order valence-electron chi connectivity index (χ0n) is 11.0. The number of nitrogens with zero attached hydrogens (tertiary/aromatic N) is 4. The standard InChI is InChI=1S/C12H17ClN6/c1-18(8-12-15-5-6-19(12)2)7-10-9(13)3-4-11(16-10)17-14/h3-6H,7-8,14H2,1-2H3,(H,16,17). The molecule has 0 unspecified atom stereocenters. The van der Waals surface area contributed by atoms with Crippen molar-refractivity contribution in [1.29, 1.82) is 0 Å². The van der Waals surface area contributed by atoms with E-state index in [0.717, 1.165) is 18.1 Å². The van der Waals surface area contributed by atoms with Crippen molar-refractivity contribution in [2.24, 2.45) is 12.9 Å². The molecule has 0 aliphatic carbocycles. The van der Waals surface area contributed by atoms with E-state index in [-0.39, 0.29) is 0 Å². The molecule has 0 fully saturated rings. The number of hydrogen-bond acceptors (Lipinski definition) is 5. The molecule has 19 heavy (non-hydrogen) atoms. The monoisotopic (exact) mass is 280 g/mol. The van der Waals surface area contributed by atoms with Crippen LogP contribution in [0.3, 0.4) is 0 Å². The highest BCUT2D eigenvalue weighted by Gasteiger charge is 2.09. The second-order valence-electron chi connectivity index (χ2n) is 4.40. The molecule has 6 nitrogen and oxygen atoms in total. The number of hydrogen-bond donors (Lipinski definition) is 2. The smallest absolute Gasteiger partial charge is 0.140 e. The minimum absolute atomic E-state index is 0.602. The first-order valence-corrected chi connectivity index (χ1v) is 6.24.